The van der Waals surface area contributed by atoms with Gasteiger partial charge in [-0.1, -0.05) is 13.0 Å². The molecular formula is C12H16O4. The van der Waals surface area contributed by atoms with E-state index in [1.807, 2.05) is 6.92 Å². The van der Waals surface area contributed by atoms with Crippen LogP contribution in [-0.2, 0) is 0 Å². The second-order valence-electron chi connectivity index (χ2n) is 3.60. The molecule has 0 fully saturated rings. The molecule has 0 aliphatic rings. The molecule has 0 heterocycles. The van der Waals surface area contributed by atoms with E-state index in [9.17, 15) is 4.79 Å². The molecule has 1 N–H and O–H groups in total. The molecule has 0 aromatic heterocycles. The molecule has 88 valence electrons. The molecule has 1 rings (SSSR count). The number of aldehydes is 1. The monoisotopic (exact) mass is 224 g/mol. The van der Waals surface area contributed by atoms with Gasteiger partial charge in [-0.25, -0.2) is 0 Å². The van der Waals surface area contributed by atoms with Crippen LogP contribution < -0.4 is 9.47 Å². The largest absolute Gasteiger partial charge is 0.493 e. The number of hydrogen-bond acceptors (Lipinski definition) is 4. The van der Waals surface area contributed by atoms with Crippen LogP contribution in [0.3, 0.4) is 0 Å². The zero-order valence-corrected chi connectivity index (χ0v) is 9.47. The van der Waals surface area contributed by atoms with Crippen LogP contribution in [-0.4, -0.2) is 31.7 Å². The highest BCUT2D eigenvalue weighted by atomic mass is 16.5. The Morgan fingerprint density at radius 3 is 2.81 bits per heavy atom. The van der Waals surface area contributed by atoms with Gasteiger partial charge in [-0.3, -0.25) is 4.79 Å². The molecule has 0 amide bonds. The van der Waals surface area contributed by atoms with Gasteiger partial charge in [-0.05, 0) is 12.1 Å². The molecule has 0 spiro atoms. The van der Waals surface area contributed by atoms with Gasteiger partial charge in [0.2, 0.25) is 0 Å². The average molecular weight is 224 g/mol. The number of aliphatic hydroxyl groups is 1. The number of aliphatic hydroxyl groups excluding tert-OH is 1. The minimum Gasteiger partial charge on any atom is -0.493 e. The van der Waals surface area contributed by atoms with Gasteiger partial charge in [-0.15, -0.1) is 0 Å². The van der Waals surface area contributed by atoms with Crippen LogP contribution in [0.4, 0.5) is 0 Å². The molecule has 1 unspecified atom stereocenters. The maximum Gasteiger partial charge on any atom is 0.171 e. The summed E-state index contributed by atoms with van der Waals surface area (Å²) >= 11 is 0. The molecule has 0 aliphatic carbocycles. The predicted octanol–water partition coefficient (Wildman–Crippen LogP) is 1.51. The zero-order valence-electron chi connectivity index (χ0n) is 9.47. The van der Waals surface area contributed by atoms with Crippen molar-refractivity contribution in [2.45, 2.75) is 6.92 Å². The molecular weight excluding hydrogens is 208 g/mol. The second kappa shape index (κ2) is 6.12. The lowest BCUT2D eigenvalue weighted by molar-refractivity contribution is 0.111. The van der Waals surface area contributed by atoms with Crippen molar-refractivity contribution in [1.82, 2.24) is 0 Å². The Balaban J connectivity index is 2.86. The molecule has 0 saturated carbocycles. The first kappa shape index (κ1) is 12.5. The minimum absolute atomic E-state index is 0.0180. The molecule has 1 aromatic rings. The van der Waals surface area contributed by atoms with Crippen LogP contribution in [0.2, 0.25) is 0 Å². The van der Waals surface area contributed by atoms with E-state index in [0.29, 0.717) is 23.7 Å². The Kier molecular flexibility index (Phi) is 4.79. The SMILES string of the molecule is COc1cccc(C=O)c1OCC(C)CO. The van der Waals surface area contributed by atoms with Crippen molar-refractivity contribution in [3.63, 3.8) is 0 Å². The normalized spacial score (nSPS) is 11.9. The Hall–Kier alpha value is -1.55. The first-order chi connectivity index (χ1) is 7.72. The summed E-state index contributed by atoms with van der Waals surface area (Å²) in [7, 11) is 1.52. The van der Waals surface area contributed by atoms with Crippen molar-refractivity contribution >= 4 is 6.29 Å². The average Bonchev–Trinajstić information content (AvgIpc) is 2.35. The Labute approximate surface area is 94.8 Å². The maximum absolute atomic E-state index is 10.8. The number of para-hydroxylation sites is 1. The molecule has 1 atom stereocenters. The van der Waals surface area contributed by atoms with Gasteiger partial charge in [0.15, 0.2) is 17.8 Å². The first-order valence-corrected chi connectivity index (χ1v) is 5.08. The minimum atomic E-state index is 0.0180. The summed E-state index contributed by atoms with van der Waals surface area (Å²) in [5.74, 6) is 0.972. The molecule has 0 bridgehead atoms. The quantitative estimate of drug-likeness (QED) is 0.744. The highest BCUT2D eigenvalue weighted by Crippen LogP contribution is 2.30. The number of carbonyl (C=O) groups excluding carboxylic acids is 1. The van der Waals surface area contributed by atoms with Crippen molar-refractivity contribution in [3.05, 3.63) is 23.8 Å². The molecule has 1 aromatic carbocycles. The van der Waals surface area contributed by atoms with E-state index in [-0.39, 0.29) is 12.5 Å². The van der Waals surface area contributed by atoms with E-state index in [1.54, 1.807) is 18.2 Å². The highest BCUT2D eigenvalue weighted by molar-refractivity contribution is 5.81. The number of methoxy groups -OCH3 is 1. The van der Waals surface area contributed by atoms with Crippen LogP contribution in [0.1, 0.15) is 17.3 Å². The van der Waals surface area contributed by atoms with Gasteiger partial charge in [0.05, 0.1) is 19.3 Å². The van der Waals surface area contributed by atoms with Gasteiger partial charge in [0, 0.05) is 12.5 Å². The summed E-state index contributed by atoms with van der Waals surface area (Å²) in [6.07, 6.45) is 0.724. The van der Waals surface area contributed by atoms with Gasteiger partial charge in [0.1, 0.15) is 0 Å². The van der Waals surface area contributed by atoms with E-state index < -0.39 is 0 Å². The molecule has 0 saturated heterocycles. The van der Waals surface area contributed by atoms with E-state index in [2.05, 4.69) is 0 Å². The van der Waals surface area contributed by atoms with E-state index >= 15 is 0 Å². The van der Waals surface area contributed by atoms with Gasteiger partial charge >= 0.3 is 0 Å². The van der Waals surface area contributed by atoms with Gasteiger partial charge in [0.25, 0.3) is 0 Å². The van der Waals surface area contributed by atoms with E-state index in [0.717, 1.165) is 6.29 Å². The number of benzene rings is 1. The van der Waals surface area contributed by atoms with Crippen LogP contribution in [0.5, 0.6) is 11.5 Å². The van der Waals surface area contributed by atoms with E-state index in [1.165, 1.54) is 7.11 Å². The van der Waals surface area contributed by atoms with Gasteiger partial charge < -0.3 is 14.6 Å². The van der Waals surface area contributed by atoms with Crippen molar-refractivity contribution in [3.8, 4) is 11.5 Å². The van der Waals surface area contributed by atoms with Crippen molar-refractivity contribution in [1.29, 1.82) is 0 Å². The van der Waals surface area contributed by atoms with Crippen LogP contribution >= 0.6 is 0 Å². The summed E-state index contributed by atoms with van der Waals surface area (Å²) in [6.45, 7) is 2.25. The third kappa shape index (κ3) is 2.97. The fourth-order valence-corrected chi connectivity index (χ4v) is 1.22. The highest BCUT2D eigenvalue weighted by Gasteiger charge is 2.11. The van der Waals surface area contributed by atoms with Crippen molar-refractivity contribution in [2.75, 3.05) is 20.3 Å². The summed E-state index contributed by atoms with van der Waals surface area (Å²) in [5.41, 5.74) is 0.449. The lowest BCUT2D eigenvalue weighted by Crippen LogP contribution is -2.13. The van der Waals surface area contributed by atoms with Crippen LogP contribution in [0.15, 0.2) is 18.2 Å². The first-order valence-electron chi connectivity index (χ1n) is 5.08. The van der Waals surface area contributed by atoms with Crippen LogP contribution in [0.25, 0.3) is 0 Å². The topological polar surface area (TPSA) is 55.8 Å². The standard InChI is InChI=1S/C12H16O4/c1-9(6-13)8-16-12-10(7-14)4-3-5-11(12)15-2/h3-5,7,9,13H,6,8H2,1-2H3. The third-order valence-electron chi connectivity index (χ3n) is 2.18. The lowest BCUT2D eigenvalue weighted by Gasteiger charge is -2.14. The fraction of sp³-hybridized carbons (Fsp3) is 0.417. The molecule has 0 aliphatic heterocycles. The molecule has 16 heavy (non-hydrogen) atoms. The maximum atomic E-state index is 10.8. The summed E-state index contributed by atoms with van der Waals surface area (Å²) in [6, 6.07) is 5.12. The summed E-state index contributed by atoms with van der Waals surface area (Å²) in [5, 5.41) is 8.88. The zero-order chi connectivity index (χ0) is 12.0. The number of rotatable bonds is 6. The molecule has 4 heteroatoms. The molecule has 4 nitrogen and oxygen atoms in total. The lowest BCUT2D eigenvalue weighted by atomic mass is 10.2. The Morgan fingerprint density at radius 1 is 1.50 bits per heavy atom. The number of hydrogen-bond donors (Lipinski definition) is 1. The number of ether oxygens (including phenoxy) is 2. The second-order valence-corrected chi connectivity index (χ2v) is 3.60. The predicted molar refractivity (Wildman–Crippen MR) is 60.1 cm³/mol. The molecule has 0 radical (unpaired) electrons. The summed E-state index contributed by atoms with van der Waals surface area (Å²) in [4.78, 5) is 10.8. The smallest absolute Gasteiger partial charge is 0.171 e. The third-order valence-corrected chi connectivity index (χ3v) is 2.18. The Morgan fingerprint density at radius 2 is 2.25 bits per heavy atom. The van der Waals surface area contributed by atoms with Crippen molar-refractivity contribution in [2.24, 2.45) is 5.92 Å². The number of carbonyl (C=O) groups is 1. The summed E-state index contributed by atoms with van der Waals surface area (Å²) < 4.78 is 10.6. The Bertz CT molecular complexity index is 349. The van der Waals surface area contributed by atoms with Crippen LogP contribution in [0, 0.1) is 5.92 Å². The van der Waals surface area contributed by atoms with E-state index in [4.69, 9.17) is 14.6 Å². The fourth-order valence-electron chi connectivity index (χ4n) is 1.22. The van der Waals surface area contributed by atoms with Crippen molar-refractivity contribution < 1.29 is 19.4 Å². The van der Waals surface area contributed by atoms with Gasteiger partial charge in [-0.2, -0.15) is 0 Å².